The van der Waals surface area contributed by atoms with Gasteiger partial charge in [0.25, 0.3) is 0 Å². The molecule has 4 aromatic rings. The Morgan fingerprint density at radius 3 is 0.950 bits per heavy atom. The largest absolute Gasteiger partial charge is 0.480 e. The van der Waals surface area contributed by atoms with Gasteiger partial charge in [0.15, 0.2) is 0 Å². The molecule has 0 aliphatic carbocycles. The van der Waals surface area contributed by atoms with Gasteiger partial charge in [0.2, 0.25) is 0 Å². The van der Waals surface area contributed by atoms with E-state index in [2.05, 4.69) is 257 Å². The molecule has 0 saturated carbocycles. The van der Waals surface area contributed by atoms with Crippen molar-refractivity contribution in [3.8, 4) is 0 Å². The van der Waals surface area contributed by atoms with E-state index < -0.39 is 69.3 Å². The molecule has 4 aromatic carbocycles. The first kappa shape index (κ1) is 86.9. The van der Waals surface area contributed by atoms with E-state index in [-0.39, 0.29) is 35.9 Å². The van der Waals surface area contributed by atoms with Gasteiger partial charge in [0, 0.05) is 77.1 Å². The first-order chi connectivity index (χ1) is 37.7. The van der Waals surface area contributed by atoms with Gasteiger partial charge < -0.3 is 45.6 Å². The third-order valence-electron chi connectivity index (χ3n) is 8.92. The molecule has 0 aliphatic heterocycles. The fourth-order valence-corrected chi connectivity index (χ4v) is 8.32. The van der Waals surface area contributed by atoms with Crippen molar-refractivity contribution in [2.45, 2.75) is 101 Å². The summed E-state index contributed by atoms with van der Waals surface area (Å²) in [6.07, 6.45) is -2.55. The van der Waals surface area contributed by atoms with Crippen LogP contribution in [0.15, 0.2) is 117 Å². The Morgan fingerprint density at radius 1 is 0.425 bits per heavy atom. The van der Waals surface area contributed by atoms with Gasteiger partial charge in [-0.15, -0.1) is 25.3 Å². The summed E-state index contributed by atoms with van der Waals surface area (Å²) in [6.45, 7) is 1.48. The molecule has 8 atom stereocenters. The summed E-state index contributed by atoms with van der Waals surface area (Å²) in [5.74, 6) is 1.29. The van der Waals surface area contributed by atoms with Crippen LogP contribution >= 0.6 is 214 Å². The number of benzene rings is 4. The zero-order chi connectivity index (χ0) is 62.2. The first-order valence-electron chi connectivity index (χ1n) is 23.2. The highest BCUT2D eigenvalue weighted by atomic mass is 32.2. The maximum absolute atomic E-state index is 10.2. The van der Waals surface area contributed by atoms with Gasteiger partial charge in [-0.3, -0.25) is 19.2 Å². The highest BCUT2D eigenvalue weighted by molar-refractivity contribution is 7.99. The third-order valence-corrected chi connectivity index (χ3v) is 16.0. The fourth-order valence-electron chi connectivity index (χ4n) is 4.41. The number of ether oxygens (including phenoxy) is 1. The van der Waals surface area contributed by atoms with Crippen molar-refractivity contribution in [1.29, 1.82) is 0 Å². The van der Waals surface area contributed by atoms with E-state index in [4.69, 9.17) is 45.6 Å². The fraction of sp³-hybridized carbons (Fsp3) is 0.440. The molecule has 0 amide bonds. The predicted octanol–water partition coefficient (Wildman–Crippen LogP) is 9.79. The first-order valence-corrected chi connectivity index (χ1v) is 33.3. The van der Waals surface area contributed by atoms with Crippen LogP contribution in [0, 0.1) is 0 Å². The van der Waals surface area contributed by atoms with Crippen LogP contribution in [0.4, 0.5) is 0 Å². The van der Waals surface area contributed by atoms with E-state index in [0.717, 1.165) is 57.5 Å². The smallest absolute Gasteiger partial charge is 0.318 e. The van der Waals surface area contributed by atoms with Gasteiger partial charge in [0.05, 0.1) is 48.1 Å². The van der Waals surface area contributed by atoms with Crippen LogP contribution in [0.1, 0.15) is 35.1 Å². The average molecular weight is 1430 g/mol. The van der Waals surface area contributed by atoms with Gasteiger partial charge in [-0.05, 0) is 83.6 Å². The van der Waals surface area contributed by atoms with Crippen molar-refractivity contribution in [2.24, 2.45) is 0 Å². The highest BCUT2D eigenvalue weighted by Gasteiger charge is 2.27. The molecular weight excluding hydrogens is 1350 g/mol. The van der Waals surface area contributed by atoms with Crippen LogP contribution in [0.25, 0.3) is 0 Å². The maximum atomic E-state index is 10.2. The lowest BCUT2D eigenvalue weighted by atomic mass is 10.1. The number of carboxylic acid groups (broad SMARTS) is 4. The zero-order valence-corrected chi connectivity index (χ0v) is 58.1. The number of aliphatic hydroxyl groups is 4. The molecule has 456 valence electrons. The molecular formula is C50H76O13S17. The molecule has 0 radical (unpaired) electrons. The minimum absolute atomic E-state index is 0.207. The van der Waals surface area contributed by atoms with Crippen molar-refractivity contribution >= 4 is 238 Å². The second-order valence-electron chi connectivity index (χ2n) is 15.2. The molecule has 4 rings (SSSR count). The number of hydrogen-bond acceptors (Lipinski definition) is 26. The molecule has 0 spiro atoms. The Bertz CT molecular complexity index is 2020. The molecule has 80 heavy (non-hydrogen) atoms. The Kier molecular flexibility index (Phi) is 62.2. The van der Waals surface area contributed by atoms with Crippen molar-refractivity contribution in [3.63, 3.8) is 0 Å². The second kappa shape index (κ2) is 57.3. The monoisotopic (exact) mass is 1430 g/mol. The Morgan fingerprint density at radius 2 is 0.725 bits per heavy atom. The molecule has 13 nitrogen and oxygen atoms in total. The minimum atomic E-state index is -1.29. The maximum Gasteiger partial charge on any atom is 0.318 e. The van der Waals surface area contributed by atoms with Crippen LogP contribution in [-0.2, 0) is 46.9 Å². The molecule has 0 unspecified atom stereocenters. The summed E-state index contributed by atoms with van der Waals surface area (Å²) in [5.41, 5.74) is 5.08. The van der Waals surface area contributed by atoms with E-state index in [1.165, 1.54) is 32.0 Å². The van der Waals surface area contributed by atoms with Gasteiger partial charge in [0.1, 0.15) is 10.5 Å². The van der Waals surface area contributed by atoms with Crippen LogP contribution in [0.5, 0.6) is 0 Å². The average Bonchev–Trinajstić information content (AvgIpc) is 3.47. The number of aliphatic carboxylic acids is 4. The van der Waals surface area contributed by atoms with Crippen molar-refractivity contribution in [1.82, 2.24) is 0 Å². The lowest BCUT2D eigenvalue weighted by Crippen LogP contribution is -2.31. The summed E-state index contributed by atoms with van der Waals surface area (Å²) in [6, 6.07) is 32.8. The van der Waals surface area contributed by atoms with Gasteiger partial charge in [-0.25, -0.2) is 0 Å². The standard InChI is InChI=1S/C12H10S3.2C8H10S2.C6H10O4S2.C4H6O4S2.2C4H10O2S2.C4H10OS2/c13-9-1-5-11(6-2-9)15-12-7-3-10(14)4-8-12;9-5-7-2-1-3-8(4-7)6-10;9-5-7-3-1-2-4-8(7)6-10;7-5(8)3(11)1-2-4(12)6(9)10;5-3(6)1(9)2(10)4(7)8;2*5-3(1-7)4(6)2-8;6-3-1-5-2-4-7/h1-8,13-14H;2*1-4,9-10H,5-6H2;3-4,11-12H,1-2H2,(H,7,8)(H,9,10);1-2,9-10H,(H,5,6)(H,7,8);2*3-8H,1-2H2;6-7H,1-4H2/t;;;3-,4+;1-,2+;2*3-,4-;/m.....10./s1. The van der Waals surface area contributed by atoms with Crippen molar-refractivity contribution < 1.29 is 64.8 Å². The summed E-state index contributed by atoms with van der Waals surface area (Å²) in [5, 5.41) is 64.1. The molecule has 8 N–H and O–H groups in total. The van der Waals surface area contributed by atoms with Crippen molar-refractivity contribution in [3.05, 3.63) is 119 Å². The molecule has 0 aromatic heterocycles. The van der Waals surface area contributed by atoms with E-state index >= 15 is 0 Å². The van der Waals surface area contributed by atoms with Crippen LogP contribution in [0.2, 0.25) is 0 Å². The highest BCUT2D eigenvalue weighted by Crippen LogP contribution is 2.29. The van der Waals surface area contributed by atoms with Crippen LogP contribution < -0.4 is 0 Å². The Balaban J connectivity index is -0.000000418. The quantitative estimate of drug-likeness (QED) is 0.0231. The number of carbonyl (C=O) groups is 4. The summed E-state index contributed by atoms with van der Waals surface area (Å²) >= 11 is 64.4. The minimum Gasteiger partial charge on any atom is -0.480 e. The summed E-state index contributed by atoms with van der Waals surface area (Å²) in [4.78, 5) is 45.0. The predicted molar refractivity (Wildman–Crippen MR) is 384 cm³/mol. The van der Waals surface area contributed by atoms with Crippen molar-refractivity contribution in [2.75, 3.05) is 47.7 Å². The lowest BCUT2D eigenvalue weighted by Gasteiger charge is -2.11. The van der Waals surface area contributed by atoms with E-state index in [0.29, 0.717) is 0 Å². The molecule has 0 heterocycles. The lowest BCUT2D eigenvalue weighted by molar-refractivity contribution is -0.142. The van der Waals surface area contributed by atoms with Gasteiger partial charge in [-0.2, -0.15) is 177 Å². The van der Waals surface area contributed by atoms with Crippen LogP contribution in [0.3, 0.4) is 0 Å². The van der Waals surface area contributed by atoms with E-state index in [1.807, 2.05) is 42.5 Å². The molecule has 0 fully saturated rings. The van der Waals surface area contributed by atoms with Gasteiger partial charge >= 0.3 is 23.9 Å². The number of carboxylic acids is 4. The topological polar surface area (TPSA) is 239 Å². The zero-order valence-electron chi connectivity index (χ0n) is 42.9. The number of aliphatic hydroxyl groups excluding tert-OH is 4. The molecule has 0 aliphatic rings. The number of thiol groups is 16. The SMILES string of the molecule is O=C(O)[C@@H](S)[C@@H](S)C(=O)O.O=C(O)[C@H](S)CC[C@H](S)C(=O)O.O[C@@H](CS)[C@@H](O)CS.O[C@H](CS)[C@H](O)CS.SCCOCCS.SCc1cccc(CS)c1.SCc1ccccc1CS.Sc1ccc(Sc2ccc(S)cc2)cc1. The van der Waals surface area contributed by atoms with E-state index in [9.17, 15) is 19.2 Å². The molecule has 0 saturated heterocycles. The molecule has 0 bridgehead atoms. The molecule has 30 heteroatoms. The number of hydrogen-bond donors (Lipinski definition) is 24. The Labute approximate surface area is 564 Å². The summed E-state index contributed by atoms with van der Waals surface area (Å²) < 4.78 is 4.98. The third kappa shape index (κ3) is 48.6. The van der Waals surface area contributed by atoms with Crippen LogP contribution in [-0.4, -0.2) is 158 Å². The normalized spacial score (nSPS) is 13.1. The number of rotatable bonds is 24. The van der Waals surface area contributed by atoms with Gasteiger partial charge in [-0.1, -0.05) is 60.3 Å². The Hall–Kier alpha value is 0.510. The van der Waals surface area contributed by atoms with E-state index in [1.54, 1.807) is 11.8 Å². The second-order valence-corrected chi connectivity index (χ2v) is 23.4. The summed E-state index contributed by atoms with van der Waals surface area (Å²) in [7, 11) is 0.